The van der Waals surface area contributed by atoms with Crippen LogP contribution in [0.3, 0.4) is 0 Å². The van der Waals surface area contributed by atoms with Crippen molar-refractivity contribution in [2.24, 2.45) is 17.8 Å². The van der Waals surface area contributed by atoms with Gasteiger partial charge in [0.05, 0.1) is 0 Å². The smallest absolute Gasteiger partial charge is 0.0469 e. The quantitative estimate of drug-likeness (QED) is 0.599. The first kappa shape index (κ1) is 16.0. The fourth-order valence-electron chi connectivity index (χ4n) is 2.97. The molecule has 1 rings (SSSR count). The van der Waals surface area contributed by atoms with E-state index in [0.717, 1.165) is 43.9 Å². The third kappa shape index (κ3) is 6.75. The van der Waals surface area contributed by atoms with Gasteiger partial charge in [0.25, 0.3) is 0 Å². The molecule has 0 amide bonds. The van der Waals surface area contributed by atoms with Crippen molar-refractivity contribution in [2.45, 2.75) is 59.3 Å². The van der Waals surface area contributed by atoms with E-state index < -0.39 is 0 Å². The van der Waals surface area contributed by atoms with Gasteiger partial charge in [-0.25, -0.2) is 0 Å². The Bertz CT molecular complexity index is 188. The molecule has 0 aromatic rings. The Balaban J connectivity index is 2.22. The zero-order valence-corrected chi connectivity index (χ0v) is 12.7. The average Bonchev–Trinajstić information content (AvgIpc) is 2.85. The largest absolute Gasteiger partial charge is 0.381 e. The second kappa shape index (κ2) is 9.80. The molecule has 0 aliphatic heterocycles. The summed E-state index contributed by atoms with van der Waals surface area (Å²) in [5.74, 6) is 2.54. The molecule has 0 spiro atoms. The molecule has 0 aromatic heterocycles. The van der Waals surface area contributed by atoms with Crippen LogP contribution in [0.1, 0.15) is 59.3 Å². The van der Waals surface area contributed by atoms with Crippen molar-refractivity contribution in [3.8, 4) is 0 Å². The highest BCUT2D eigenvalue weighted by molar-refractivity contribution is 4.77. The Hall–Kier alpha value is -0.0800. The van der Waals surface area contributed by atoms with Gasteiger partial charge in [0.2, 0.25) is 0 Å². The van der Waals surface area contributed by atoms with Gasteiger partial charge in [-0.1, -0.05) is 46.5 Å². The number of ether oxygens (including phenoxy) is 1. The van der Waals surface area contributed by atoms with Gasteiger partial charge in [-0.05, 0) is 43.7 Å². The lowest BCUT2D eigenvalue weighted by molar-refractivity contribution is 0.110. The number of hydrogen-bond donors (Lipinski definition) is 1. The molecule has 18 heavy (non-hydrogen) atoms. The molecule has 1 fully saturated rings. The monoisotopic (exact) mass is 255 g/mol. The lowest BCUT2D eigenvalue weighted by atomic mass is 9.88. The van der Waals surface area contributed by atoms with E-state index in [-0.39, 0.29) is 0 Å². The molecule has 108 valence electrons. The first-order valence-electron chi connectivity index (χ1n) is 8.02. The number of hydrogen-bond acceptors (Lipinski definition) is 2. The SMILES string of the molecule is CCCOCCC(CNCC(C)C)C1CCCC1. The second-order valence-corrected chi connectivity index (χ2v) is 6.26. The van der Waals surface area contributed by atoms with Gasteiger partial charge < -0.3 is 10.1 Å². The Labute approximate surface area is 114 Å². The normalized spacial score (nSPS) is 18.7. The first-order chi connectivity index (χ1) is 8.74. The maximum atomic E-state index is 5.67. The highest BCUT2D eigenvalue weighted by Crippen LogP contribution is 2.32. The van der Waals surface area contributed by atoms with Crippen LogP contribution in [0.4, 0.5) is 0 Å². The maximum absolute atomic E-state index is 5.67. The highest BCUT2D eigenvalue weighted by atomic mass is 16.5. The van der Waals surface area contributed by atoms with Crippen LogP contribution in [0, 0.1) is 17.8 Å². The van der Waals surface area contributed by atoms with Gasteiger partial charge in [-0.3, -0.25) is 0 Å². The molecular weight excluding hydrogens is 222 g/mol. The van der Waals surface area contributed by atoms with Gasteiger partial charge in [-0.15, -0.1) is 0 Å². The minimum absolute atomic E-state index is 0.755. The van der Waals surface area contributed by atoms with E-state index in [1.54, 1.807) is 0 Å². The molecule has 0 heterocycles. The molecular formula is C16H33NO. The van der Waals surface area contributed by atoms with Crippen molar-refractivity contribution in [1.29, 1.82) is 0 Å². The molecule has 1 N–H and O–H groups in total. The van der Waals surface area contributed by atoms with E-state index in [1.807, 2.05) is 0 Å². The van der Waals surface area contributed by atoms with E-state index in [0.29, 0.717) is 0 Å². The van der Waals surface area contributed by atoms with Gasteiger partial charge in [0, 0.05) is 13.2 Å². The van der Waals surface area contributed by atoms with Crippen molar-refractivity contribution in [2.75, 3.05) is 26.3 Å². The molecule has 2 nitrogen and oxygen atoms in total. The standard InChI is InChI=1S/C16H33NO/c1-4-10-18-11-9-16(13-17-12-14(2)3)15-7-5-6-8-15/h14-17H,4-13H2,1-3H3. The zero-order valence-electron chi connectivity index (χ0n) is 12.7. The second-order valence-electron chi connectivity index (χ2n) is 6.26. The predicted octanol–water partition coefficient (Wildman–Crippen LogP) is 3.86. The molecule has 1 aliphatic carbocycles. The van der Waals surface area contributed by atoms with E-state index in [4.69, 9.17) is 4.74 Å². The summed E-state index contributed by atoms with van der Waals surface area (Å²) in [6.07, 6.45) is 8.17. The minimum Gasteiger partial charge on any atom is -0.381 e. The van der Waals surface area contributed by atoms with Gasteiger partial charge >= 0.3 is 0 Å². The molecule has 0 aromatic carbocycles. The Kier molecular flexibility index (Phi) is 8.70. The molecule has 2 heteroatoms. The van der Waals surface area contributed by atoms with Crippen LogP contribution in [-0.4, -0.2) is 26.3 Å². The lowest BCUT2D eigenvalue weighted by Gasteiger charge is -2.24. The maximum Gasteiger partial charge on any atom is 0.0469 e. The van der Waals surface area contributed by atoms with Crippen molar-refractivity contribution in [3.05, 3.63) is 0 Å². The van der Waals surface area contributed by atoms with Gasteiger partial charge in [-0.2, -0.15) is 0 Å². The van der Waals surface area contributed by atoms with Crippen LogP contribution in [-0.2, 0) is 4.74 Å². The third-order valence-corrected chi connectivity index (χ3v) is 4.01. The summed E-state index contributed by atoms with van der Waals surface area (Å²) in [6.45, 7) is 11.0. The predicted molar refractivity (Wildman–Crippen MR) is 78.9 cm³/mol. The summed E-state index contributed by atoms with van der Waals surface area (Å²) >= 11 is 0. The lowest BCUT2D eigenvalue weighted by Crippen LogP contribution is -2.30. The minimum atomic E-state index is 0.755. The fourth-order valence-corrected chi connectivity index (χ4v) is 2.97. The van der Waals surface area contributed by atoms with Crippen LogP contribution in [0.15, 0.2) is 0 Å². The van der Waals surface area contributed by atoms with Crippen LogP contribution in [0.25, 0.3) is 0 Å². The van der Waals surface area contributed by atoms with E-state index in [1.165, 1.54) is 38.6 Å². The highest BCUT2D eigenvalue weighted by Gasteiger charge is 2.24. The van der Waals surface area contributed by atoms with Crippen LogP contribution in [0.5, 0.6) is 0 Å². The topological polar surface area (TPSA) is 21.3 Å². The molecule has 0 bridgehead atoms. The summed E-state index contributed by atoms with van der Waals surface area (Å²) in [6, 6.07) is 0. The van der Waals surface area contributed by atoms with E-state index >= 15 is 0 Å². The summed E-state index contributed by atoms with van der Waals surface area (Å²) in [5.41, 5.74) is 0. The number of rotatable bonds is 10. The Morgan fingerprint density at radius 1 is 1.11 bits per heavy atom. The van der Waals surface area contributed by atoms with Crippen LogP contribution in [0.2, 0.25) is 0 Å². The number of nitrogens with one attached hydrogen (secondary N) is 1. The molecule has 1 saturated carbocycles. The van der Waals surface area contributed by atoms with E-state index in [9.17, 15) is 0 Å². The summed E-state index contributed by atoms with van der Waals surface area (Å²) < 4.78 is 5.67. The van der Waals surface area contributed by atoms with Crippen LogP contribution < -0.4 is 5.32 Å². The van der Waals surface area contributed by atoms with E-state index in [2.05, 4.69) is 26.1 Å². The summed E-state index contributed by atoms with van der Waals surface area (Å²) in [7, 11) is 0. The Morgan fingerprint density at radius 3 is 2.44 bits per heavy atom. The first-order valence-corrected chi connectivity index (χ1v) is 8.02. The fraction of sp³-hybridized carbons (Fsp3) is 1.00. The summed E-state index contributed by atoms with van der Waals surface area (Å²) in [4.78, 5) is 0. The molecule has 1 aliphatic rings. The molecule has 1 unspecified atom stereocenters. The summed E-state index contributed by atoms with van der Waals surface area (Å²) in [5, 5.41) is 3.65. The van der Waals surface area contributed by atoms with Gasteiger partial charge in [0.1, 0.15) is 0 Å². The Morgan fingerprint density at radius 2 is 1.83 bits per heavy atom. The zero-order chi connectivity index (χ0) is 13.2. The molecule has 0 saturated heterocycles. The molecule has 0 radical (unpaired) electrons. The van der Waals surface area contributed by atoms with Gasteiger partial charge in [0.15, 0.2) is 0 Å². The van der Waals surface area contributed by atoms with Crippen molar-refractivity contribution < 1.29 is 4.74 Å². The average molecular weight is 255 g/mol. The van der Waals surface area contributed by atoms with Crippen LogP contribution >= 0.6 is 0 Å². The van der Waals surface area contributed by atoms with Crippen molar-refractivity contribution >= 4 is 0 Å². The van der Waals surface area contributed by atoms with Crippen molar-refractivity contribution in [1.82, 2.24) is 5.32 Å². The third-order valence-electron chi connectivity index (χ3n) is 4.01. The van der Waals surface area contributed by atoms with Crippen molar-refractivity contribution in [3.63, 3.8) is 0 Å². The molecule has 1 atom stereocenters.